The second-order valence-corrected chi connectivity index (χ2v) is 2.79. The van der Waals surface area contributed by atoms with Crippen LogP contribution in [0.15, 0.2) is 18.9 Å². The number of aromatic nitrogens is 2. The fourth-order valence-electron chi connectivity index (χ4n) is 1.02. The Bertz CT molecular complexity index is 410. The molecule has 1 N–H and O–H groups in total. The van der Waals surface area contributed by atoms with E-state index in [9.17, 15) is 14.9 Å². The van der Waals surface area contributed by atoms with Crippen LogP contribution in [0.2, 0.25) is 0 Å². The molecule has 0 unspecified atom stereocenters. The fourth-order valence-corrected chi connectivity index (χ4v) is 1.02. The third kappa shape index (κ3) is 2.39. The number of amides is 1. The molecule has 0 radical (unpaired) electrons. The molecule has 1 amide bonds. The van der Waals surface area contributed by atoms with Gasteiger partial charge in [0.15, 0.2) is 0 Å². The molecule has 0 bridgehead atoms. The van der Waals surface area contributed by atoms with Gasteiger partial charge in [0, 0.05) is 13.6 Å². The van der Waals surface area contributed by atoms with Gasteiger partial charge in [-0.05, 0) is 0 Å². The summed E-state index contributed by atoms with van der Waals surface area (Å²) in [4.78, 5) is 21.3. The van der Waals surface area contributed by atoms with Crippen LogP contribution < -0.4 is 5.32 Å². The number of nitro groups is 1. The average molecular weight is 210 g/mol. The lowest BCUT2D eigenvalue weighted by Gasteiger charge is -1.97. The molecule has 0 fully saturated rings. The standard InChI is InChI=1S/C8H10N4O3/c1-3-4-9-8(13)7-6(12(14)15)5-11(2)10-7/h3,5H,1,4H2,2H3,(H,9,13). The molecule has 0 aliphatic carbocycles. The Hall–Kier alpha value is -2.18. The number of carbonyl (C=O) groups excluding carboxylic acids is 1. The molecule has 1 rings (SSSR count). The summed E-state index contributed by atoms with van der Waals surface area (Å²) < 4.78 is 1.22. The van der Waals surface area contributed by atoms with Gasteiger partial charge in [0.2, 0.25) is 5.69 Å². The van der Waals surface area contributed by atoms with Crippen molar-refractivity contribution < 1.29 is 9.72 Å². The topological polar surface area (TPSA) is 90.1 Å². The van der Waals surface area contributed by atoms with Gasteiger partial charge in [0.25, 0.3) is 5.91 Å². The van der Waals surface area contributed by atoms with Crippen LogP contribution in [0.3, 0.4) is 0 Å². The smallest absolute Gasteiger partial charge is 0.320 e. The van der Waals surface area contributed by atoms with Crippen LogP contribution in [-0.4, -0.2) is 27.2 Å². The molecule has 0 aliphatic rings. The average Bonchev–Trinajstić information content (AvgIpc) is 2.57. The van der Waals surface area contributed by atoms with Crippen LogP contribution in [0.1, 0.15) is 10.5 Å². The Morgan fingerprint density at radius 3 is 3.07 bits per heavy atom. The zero-order chi connectivity index (χ0) is 11.4. The third-order valence-electron chi connectivity index (χ3n) is 1.63. The van der Waals surface area contributed by atoms with E-state index in [-0.39, 0.29) is 17.9 Å². The molecule has 1 aromatic rings. The van der Waals surface area contributed by atoms with Crippen molar-refractivity contribution >= 4 is 11.6 Å². The van der Waals surface area contributed by atoms with Crippen LogP contribution in [0.4, 0.5) is 5.69 Å². The summed E-state index contributed by atoms with van der Waals surface area (Å²) in [6.07, 6.45) is 2.66. The van der Waals surface area contributed by atoms with E-state index in [2.05, 4.69) is 17.0 Å². The Kier molecular flexibility index (Phi) is 3.17. The first-order chi connectivity index (χ1) is 7.06. The number of carbonyl (C=O) groups is 1. The number of rotatable bonds is 4. The summed E-state index contributed by atoms with van der Waals surface area (Å²) in [5, 5.41) is 16.7. The van der Waals surface area contributed by atoms with Crippen molar-refractivity contribution in [3.05, 3.63) is 34.7 Å². The summed E-state index contributed by atoms with van der Waals surface area (Å²) in [6.45, 7) is 3.66. The second kappa shape index (κ2) is 4.36. The quantitative estimate of drug-likeness (QED) is 0.438. The Morgan fingerprint density at radius 2 is 2.53 bits per heavy atom. The minimum Gasteiger partial charge on any atom is -0.347 e. The van der Waals surface area contributed by atoms with Gasteiger partial charge in [-0.3, -0.25) is 19.6 Å². The highest BCUT2D eigenvalue weighted by molar-refractivity contribution is 5.96. The lowest BCUT2D eigenvalue weighted by Crippen LogP contribution is -2.24. The molecular formula is C8H10N4O3. The molecule has 0 saturated heterocycles. The Morgan fingerprint density at radius 1 is 1.87 bits per heavy atom. The van der Waals surface area contributed by atoms with Gasteiger partial charge in [0.05, 0.1) is 4.92 Å². The molecule has 7 heteroatoms. The molecule has 0 aliphatic heterocycles. The van der Waals surface area contributed by atoms with Crippen molar-refractivity contribution in [2.75, 3.05) is 6.54 Å². The van der Waals surface area contributed by atoms with E-state index in [4.69, 9.17) is 0 Å². The molecule has 1 heterocycles. The molecule has 7 nitrogen and oxygen atoms in total. The molecule has 80 valence electrons. The number of hydrogen-bond donors (Lipinski definition) is 1. The normalized spacial score (nSPS) is 9.67. The highest BCUT2D eigenvalue weighted by Crippen LogP contribution is 2.15. The van der Waals surface area contributed by atoms with Crippen LogP contribution in [-0.2, 0) is 7.05 Å². The van der Waals surface area contributed by atoms with Crippen molar-refractivity contribution in [1.29, 1.82) is 0 Å². The van der Waals surface area contributed by atoms with E-state index in [1.165, 1.54) is 24.0 Å². The Balaban J connectivity index is 2.96. The van der Waals surface area contributed by atoms with Crippen LogP contribution >= 0.6 is 0 Å². The van der Waals surface area contributed by atoms with E-state index in [0.29, 0.717) is 0 Å². The minimum absolute atomic E-state index is 0.190. The lowest BCUT2D eigenvalue weighted by molar-refractivity contribution is -0.385. The van der Waals surface area contributed by atoms with Crippen molar-refractivity contribution in [3.63, 3.8) is 0 Å². The molecule has 0 aromatic carbocycles. The van der Waals surface area contributed by atoms with E-state index in [1.807, 2.05) is 0 Å². The van der Waals surface area contributed by atoms with Gasteiger partial charge in [-0.25, -0.2) is 0 Å². The summed E-state index contributed by atoms with van der Waals surface area (Å²) in [5.41, 5.74) is -0.497. The SMILES string of the molecule is C=CCNC(=O)c1nn(C)cc1[N+](=O)[O-]. The predicted molar refractivity (Wildman–Crippen MR) is 52.4 cm³/mol. The van der Waals surface area contributed by atoms with Gasteiger partial charge in [-0.2, -0.15) is 5.10 Å². The summed E-state index contributed by atoms with van der Waals surface area (Å²) >= 11 is 0. The highest BCUT2D eigenvalue weighted by Gasteiger charge is 2.24. The van der Waals surface area contributed by atoms with Crippen LogP contribution in [0.25, 0.3) is 0 Å². The number of hydrogen-bond acceptors (Lipinski definition) is 4. The number of aryl methyl sites for hydroxylation is 1. The van der Waals surface area contributed by atoms with Crippen molar-refractivity contribution in [3.8, 4) is 0 Å². The van der Waals surface area contributed by atoms with Crippen LogP contribution in [0.5, 0.6) is 0 Å². The van der Waals surface area contributed by atoms with E-state index >= 15 is 0 Å². The first-order valence-corrected chi connectivity index (χ1v) is 4.13. The molecule has 0 spiro atoms. The summed E-state index contributed by atoms with van der Waals surface area (Å²) in [5.74, 6) is -0.581. The van der Waals surface area contributed by atoms with Gasteiger partial charge in [-0.1, -0.05) is 6.08 Å². The van der Waals surface area contributed by atoms with Crippen LogP contribution in [0, 0.1) is 10.1 Å². The van der Waals surface area contributed by atoms with Crippen molar-refractivity contribution in [2.45, 2.75) is 0 Å². The third-order valence-corrected chi connectivity index (χ3v) is 1.63. The van der Waals surface area contributed by atoms with E-state index < -0.39 is 10.8 Å². The Labute approximate surface area is 85.5 Å². The molecule has 0 atom stereocenters. The fraction of sp³-hybridized carbons (Fsp3) is 0.250. The first-order valence-electron chi connectivity index (χ1n) is 4.13. The first kappa shape index (κ1) is 10.9. The summed E-state index contributed by atoms with van der Waals surface area (Å²) in [6, 6.07) is 0. The zero-order valence-electron chi connectivity index (χ0n) is 8.14. The predicted octanol–water partition coefficient (Wildman–Crippen LogP) is 0.244. The van der Waals surface area contributed by atoms with Gasteiger partial charge in [0.1, 0.15) is 6.20 Å². The number of nitrogens with zero attached hydrogens (tertiary/aromatic N) is 3. The molecule has 0 saturated carbocycles. The largest absolute Gasteiger partial charge is 0.347 e. The highest BCUT2D eigenvalue weighted by atomic mass is 16.6. The minimum atomic E-state index is -0.643. The van der Waals surface area contributed by atoms with Gasteiger partial charge < -0.3 is 5.32 Å². The van der Waals surface area contributed by atoms with E-state index in [0.717, 1.165) is 0 Å². The van der Waals surface area contributed by atoms with Crippen molar-refractivity contribution in [2.24, 2.45) is 7.05 Å². The summed E-state index contributed by atoms with van der Waals surface area (Å²) in [7, 11) is 1.51. The maximum Gasteiger partial charge on any atom is 0.320 e. The monoisotopic (exact) mass is 210 g/mol. The zero-order valence-corrected chi connectivity index (χ0v) is 8.14. The van der Waals surface area contributed by atoms with Crippen molar-refractivity contribution in [1.82, 2.24) is 15.1 Å². The molecular weight excluding hydrogens is 200 g/mol. The van der Waals surface area contributed by atoms with E-state index in [1.54, 1.807) is 0 Å². The van der Waals surface area contributed by atoms with Gasteiger partial charge >= 0.3 is 5.69 Å². The molecule has 15 heavy (non-hydrogen) atoms. The lowest BCUT2D eigenvalue weighted by atomic mass is 10.3. The van der Waals surface area contributed by atoms with Gasteiger partial charge in [-0.15, -0.1) is 6.58 Å². The number of nitrogens with one attached hydrogen (secondary N) is 1. The maximum atomic E-state index is 11.4. The second-order valence-electron chi connectivity index (χ2n) is 2.79. The molecule has 1 aromatic heterocycles. The maximum absolute atomic E-state index is 11.4.